The number of Topliss-reactive ketones (excluding diaryl/α,β-unsaturated/α-hetero) is 1. The van der Waals surface area contributed by atoms with Gasteiger partial charge < -0.3 is 5.11 Å². The Bertz CT molecular complexity index is 849. The van der Waals surface area contributed by atoms with Crippen molar-refractivity contribution >= 4 is 34.3 Å². The van der Waals surface area contributed by atoms with Crippen molar-refractivity contribution in [3.63, 3.8) is 0 Å². The molecular weight excluding hydrogens is 340 g/mol. The van der Waals surface area contributed by atoms with E-state index in [0.717, 1.165) is 51.6 Å². The van der Waals surface area contributed by atoms with Gasteiger partial charge >= 0.3 is 0 Å². The molecule has 2 aliphatic carbocycles. The first-order valence-corrected chi connectivity index (χ1v) is 9.64. The summed E-state index contributed by atoms with van der Waals surface area (Å²) in [4.78, 5) is 14.0. The Morgan fingerprint density at radius 3 is 2.71 bits per heavy atom. The predicted octanol–water partition coefficient (Wildman–Crippen LogP) is 5.90. The largest absolute Gasteiger partial charge is 0.511 e. The van der Waals surface area contributed by atoms with Crippen molar-refractivity contribution in [2.75, 3.05) is 0 Å². The molecule has 4 heteroatoms. The molecule has 24 heavy (non-hydrogen) atoms. The maximum Gasteiger partial charge on any atom is 0.169 e. The Balaban J connectivity index is 1.87. The topological polar surface area (TPSA) is 37.3 Å². The lowest BCUT2D eigenvalue weighted by Gasteiger charge is -2.23. The number of aliphatic hydroxyl groups excluding tert-OH is 1. The van der Waals surface area contributed by atoms with E-state index in [1.54, 1.807) is 0 Å². The quantitative estimate of drug-likeness (QED) is 0.741. The van der Waals surface area contributed by atoms with Crippen molar-refractivity contribution in [3.05, 3.63) is 51.6 Å². The Morgan fingerprint density at radius 2 is 2.00 bits per heavy atom. The van der Waals surface area contributed by atoms with E-state index in [9.17, 15) is 9.90 Å². The number of carbonyl (C=O) groups excluding carboxylic acids is 1. The number of benzene rings is 1. The molecule has 2 nitrogen and oxygen atoms in total. The standard InChI is InChI=1S/C20H19ClO2S/c1-2-11-3-4-12(16-7-8-17(21)24-16)10-15(11)18-19(22)13-5-6-14(9-13)20(18)23/h3-4,7-8,10,13-14,22H,2,5-6,9H2,1H3/t13-,14+/m0/s1. The molecule has 2 bridgehead atoms. The summed E-state index contributed by atoms with van der Waals surface area (Å²) < 4.78 is 0.750. The number of rotatable bonds is 3. The average Bonchev–Trinajstić information content (AvgIpc) is 3.21. The summed E-state index contributed by atoms with van der Waals surface area (Å²) in [5.74, 6) is 0.680. The van der Waals surface area contributed by atoms with Gasteiger partial charge in [0.2, 0.25) is 0 Å². The van der Waals surface area contributed by atoms with Crippen molar-refractivity contribution in [1.29, 1.82) is 0 Å². The molecule has 0 radical (unpaired) electrons. The van der Waals surface area contributed by atoms with Gasteiger partial charge in [-0.1, -0.05) is 30.7 Å². The first-order chi connectivity index (χ1) is 11.6. The number of aryl methyl sites for hydroxylation is 1. The summed E-state index contributed by atoms with van der Waals surface area (Å²) in [6.07, 6.45) is 3.47. The number of allylic oxidation sites excluding steroid dienone is 2. The molecule has 1 saturated carbocycles. The van der Waals surface area contributed by atoms with Crippen LogP contribution >= 0.6 is 22.9 Å². The SMILES string of the molecule is CCc1ccc(-c2ccc(Cl)s2)cc1C1=C(O)[C@H]2CC[C@H](C2)C1=O. The summed E-state index contributed by atoms with van der Waals surface area (Å²) in [6, 6.07) is 10.1. The van der Waals surface area contributed by atoms with Crippen molar-refractivity contribution in [2.24, 2.45) is 11.8 Å². The van der Waals surface area contributed by atoms with Gasteiger partial charge in [0, 0.05) is 16.7 Å². The molecule has 0 spiro atoms. The number of thiophene rings is 1. The molecule has 1 heterocycles. The number of aliphatic hydroxyl groups is 1. The second-order valence-electron chi connectivity index (χ2n) is 6.66. The van der Waals surface area contributed by atoms with Gasteiger partial charge in [0.1, 0.15) is 5.76 Å². The molecule has 1 fully saturated rings. The average molecular weight is 359 g/mol. The minimum atomic E-state index is 0.0884. The highest BCUT2D eigenvalue weighted by Crippen LogP contribution is 2.46. The molecule has 1 N–H and O–H groups in total. The van der Waals surface area contributed by atoms with E-state index in [4.69, 9.17) is 11.6 Å². The third-order valence-corrected chi connectivity index (χ3v) is 6.59. The van der Waals surface area contributed by atoms with Crippen LogP contribution in [0.4, 0.5) is 0 Å². The Kier molecular flexibility index (Phi) is 4.01. The number of fused-ring (bicyclic) bond motifs is 2. The second kappa shape index (κ2) is 6.05. The number of hydrogen-bond acceptors (Lipinski definition) is 3. The molecular formula is C20H19ClO2S. The molecule has 1 aromatic heterocycles. The van der Waals surface area contributed by atoms with E-state index in [1.807, 2.05) is 12.1 Å². The zero-order valence-corrected chi connectivity index (χ0v) is 15.1. The van der Waals surface area contributed by atoms with Crippen LogP contribution in [0.15, 0.2) is 36.1 Å². The summed E-state index contributed by atoms with van der Waals surface area (Å²) >= 11 is 7.59. The highest BCUT2D eigenvalue weighted by Gasteiger charge is 2.41. The summed E-state index contributed by atoms with van der Waals surface area (Å²) in [7, 11) is 0. The molecule has 0 amide bonds. The summed E-state index contributed by atoms with van der Waals surface area (Å²) in [5, 5.41) is 10.7. The van der Waals surface area contributed by atoms with Gasteiger partial charge in [-0.3, -0.25) is 4.79 Å². The summed E-state index contributed by atoms with van der Waals surface area (Å²) in [6.45, 7) is 2.08. The lowest BCUT2D eigenvalue weighted by Crippen LogP contribution is -2.22. The third-order valence-electron chi connectivity index (χ3n) is 5.31. The van der Waals surface area contributed by atoms with Crippen LogP contribution in [-0.2, 0) is 11.2 Å². The maximum atomic E-state index is 12.9. The first kappa shape index (κ1) is 15.9. The number of hydrogen-bond donors (Lipinski definition) is 1. The van der Waals surface area contributed by atoms with Crippen LogP contribution < -0.4 is 0 Å². The van der Waals surface area contributed by atoms with E-state index in [-0.39, 0.29) is 17.6 Å². The maximum absolute atomic E-state index is 12.9. The molecule has 0 aliphatic heterocycles. The molecule has 4 rings (SSSR count). The molecule has 2 aromatic rings. The van der Waals surface area contributed by atoms with Gasteiger partial charge in [0.15, 0.2) is 5.78 Å². The Hall–Kier alpha value is -1.58. The van der Waals surface area contributed by atoms with E-state index in [2.05, 4.69) is 25.1 Å². The lowest BCUT2D eigenvalue weighted by molar-refractivity contribution is -0.117. The van der Waals surface area contributed by atoms with Crippen LogP contribution in [0.25, 0.3) is 16.0 Å². The van der Waals surface area contributed by atoms with Crippen molar-refractivity contribution in [1.82, 2.24) is 0 Å². The fourth-order valence-electron chi connectivity index (χ4n) is 4.01. The Morgan fingerprint density at radius 1 is 1.21 bits per heavy atom. The molecule has 0 unspecified atom stereocenters. The minimum Gasteiger partial charge on any atom is -0.511 e. The van der Waals surface area contributed by atoms with Crippen LogP contribution in [-0.4, -0.2) is 10.9 Å². The number of halogens is 1. The van der Waals surface area contributed by atoms with Gasteiger partial charge in [0.05, 0.1) is 9.91 Å². The normalized spacial score (nSPS) is 23.2. The summed E-state index contributed by atoms with van der Waals surface area (Å²) in [5.41, 5.74) is 3.62. The fourth-order valence-corrected chi connectivity index (χ4v) is 5.05. The van der Waals surface area contributed by atoms with Crippen molar-refractivity contribution < 1.29 is 9.90 Å². The number of ketones is 1. The van der Waals surface area contributed by atoms with Gasteiger partial charge in [-0.05, 0) is 60.6 Å². The first-order valence-electron chi connectivity index (χ1n) is 8.44. The van der Waals surface area contributed by atoms with Crippen LogP contribution in [0.5, 0.6) is 0 Å². The second-order valence-corrected chi connectivity index (χ2v) is 8.38. The molecule has 2 atom stereocenters. The highest BCUT2D eigenvalue weighted by atomic mass is 35.5. The fraction of sp³-hybridized carbons (Fsp3) is 0.350. The van der Waals surface area contributed by atoms with Crippen molar-refractivity contribution in [3.8, 4) is 10.4 Å². The van der Waals surface area contributed by atoms with Gasteiger partial charge in [0.25, 0.3) is 0 Å². The van der Waals surface area contributed by atoms with E-state index in [1.165, 1.54) is 11.3 Å². The minimum absolute atomic E-state index is 0.0884. The molecule has 124 valence electrons. The lowest BCUT2D eigenvalue weighted by atomic mass is 9.81. The highest BCUT2D eigenvalue weighted by molar-refractivity contribution is 7.19. The van der Waals surface area contributed by atoms with Crippen molar-refractivity contribution in [2.45, 2.75) is 32.6 Å². The van der Waals surface area contributed by atoms with E-state index < -0.39 is 0 Å². The van der Waals surface area contributed by atoms with Gasteiger partial charge in [-0.2, -0.15) is 0 Å². The van der Waals surface area contributed by atoms with Crippen LogP contribution in [0.2, 0.25) is 4.34 Å². The zero-order chi connectivity index (χ0) is 16.8. The van der Waals surface area contributed by atoms with E-state index in [0.29, 0.717) is 11.3 Å². The molecule has 2 aliphatic rings. The van der Waals surface area contributed by atoms with E-state index >= 15 is 0 Å². The van der Waals surface area contributed by atoms with Crippen LogP contribution in [0.3, 0.4) is 0 Å². The molecule has 0 saturated heterocycles. The monoisotopic (exact) mass is 358 g/mol. The predicted molar refractivity (Wildman–Crippen MR) is 99.5 cm³/mol. The van der Waals surface area contributed by atoms with Crippen LogP contribution in [0.1, 0.15) is 37.3 Å². The molecule has 1 aromatic carbocycles. The smallest absolute Gasteiger partial charge is 0.169 e. The van der Waals surface area contributed by atoms with Crippen LogP contribution in [0, 0.1) is 11.8 Å². The zero-order valence-electron chi connectivity index (χ0n) is 13.5. The van der Waals surface area contributed by atoms with Gasteiger partial charge in [-0.15, -0.1) is 11.3 Å². The Labute approximate surface area is 150 Å². The third kappa shape index (κ3) is 2.51. The number of carbonyl (C=O) groups is 1. The van der Waals surface area contributed by atoms with Gasteiger partial charge in [-0.25, -0.2) is 0 Å².